The Hall–Kier alpha value is -4.19. The largest absolute Gasteiger partial charge is 0.465 e. The molecule has 6 nitrogen and oxygen atoms in total. The molecule has 4 rings (SSSR count). The average Bonchev–Trinajstić information content (AvgIpc) is 2.85. The molecule has 1 aliphatic rings. The van der Waals surface area contributed by atoms with Gasteiger partial charge in [0.2, 0.25) is 11.2 Å². The predicted molar refractivity (Wildman–Crippen MR) is 129 cm³/mol. The fraction of sp³-hybridized carbons (Fsp3) is 0.148. The summed E-state index contributed by atoms with van der Waals surface area (Å²) in [5.41, 5.74) is 6.11. The molecule has 3 aromatic rings. The SMILES string of the molecule is COC(=O)c1ccc2c(c1)C=CC(=CC=Cc1ccc3cc(C(=O)OC)ccc3[n+]1C)N2C. The number of carbonyl (C=O) groups excluding carboxylic acids is 2. The van der Waals surface area contributed by atoms with Crippen LogP contribution in [-0.4, -0.2) is 33.2 Å². The van der Waals surface area contributed by atoms with Crippen LogP contribution in [0.4, 0.5) is 5.69 Å². The van der Waals surface area contributed by atoms with E-state index < -0.39 is 0 Å². The first kappa shape index (κ1) is 22.0. The number of ether oxygens (including phenoxy) is 2. The van der Waals surface area contributed by atoms with Crippen molar-refractivity contribution in [1.82, 2.24) is 0 Å². The Morgan fingerprint density at radius 2 is 1.61 bits per heavy atom. The zero-order chi connectivity index (χ0) is 23.5. The summed E-state index contributed by atoms with van der Waals surface area (Å²) in [4.78, 5) is 25.7. The number of methoxy groups -OCH3 is 2. The lowest BCUT2D eigenvalue weighted by atomic mass is 10.0. The van der Waals surface area contributed by atoms with E-state index in [1.807, 2.05) is 80.9 Å². The molecular formula is C27H25N2O4+. The second-order valence-corrected chi connectivity index (χ2v) is 7.69. The molecule has 0 aliphatic carbocycles. The summed E-state index contributed by atoms with van der Waals surface area (Å²) in [6.07, 6.45) is 10.1. The van der Waals surface area contributed by atoms with E-state index in [-0.39, 0.29) is 11.9 Å². The van der Waals surface area contributed by atoms with E-state index in [2.05, 4.69) is 9.47 Å². The summed E-state index contributed by atoms with van der Waals surface area (Å²) in [7, 11) is 6.75. The van der Waals surface area contributed by atoms with Crippen molar-refractivity contribution in [2.24, 2.45) is 7.05 Å². The van der Waals surface area contributed by atoms with Gasteiger partial charge >= 0.3 is 11.9 Å². The second kappa shape index (κ2) is 9.12. The molecule has 0 radical (unpaired) electrons. The van der Waals surface area contributed by atoms with Crippen LogP contribution in [0.1, 0.15) is 32.0 Å². The number of aryl methyl sites for hydroxylation is 1. The highest BCUT2D eigenvalue weighted by molar-refractivity contribution is 5.94. The third-order valence-electron chi connectivity index (χ3n) is 5.80. The number of carbonyl (C=O) groups is 2. The maximum absolute atomic E-state index is 11.8. The predicted octanol–water partition coefficient (Wildman–Crippen LogP) is 4.30. The summed E-state index contributed by atoms with van der Waals surface area (Å²) in [5, 5.41) is 0.966. The number of esters is 2. The van der Waals surface area contributed by atoms with Gasteiger partial charge in [-0.15, -0.1) is 0 Å². The third kappa shape index (κ3) is 4.28. The van der Waals surface area contributed by atoms with E-state index in [4.69, 9.17) is 9.47 Å². The fourth-order valence-electron chi connectivity index (χ4n) is 3.91. The molecule has 0 amide bonds. The van der Waals surface area contributed by atoms with Gasteiger partial charge in [-0.25, -0.2) is 9.59 Å². The van der Waals surface area contributed by atoms with Crippen molar-refractivity contribution in [3.05, 3.63) is 94.8 Å². The van der Waals surface area contributed by atoms with Gasteiger partial charge in [0.25, 0.3) is 0 Å². The summed E-state index contributed by atoms with van der Waals surface area (Å²) < 4.78 is 11.7. The maximum atomic E-state index is 11.8. The van der Waals surface area contributed by atoms with Crippen LogP contribution >= 0.6 is 0 Å². The quantitative estimate of drug-likeness (QED) is 0.446. The molecule has 1 aromatic heterocycles. The van der Waals surface area contributed by atoms with Crippen LogP contribution in [0.5, 0.6) is 0 Å². The van der Waals surface area contributed by atoms with Crippen molar-refractivity contribution in [2.75, 3.05) is 26.2 Å². The Kier molecular flexibility index (Phi) is 6.09. The summed E-state index contributed by atoms with van der Waals surface area (Å²) in [6, 6.07) is 15.1. The highest BCUT2D eigenvalue weighted by Crippen LogP contribution is 2.30. The van der Waals surface area contributed by atoms with Crippen molar-refractivity contribution in [2.45, 2.75) is 0 Å². The number of hydrogen-bond acceptors (Lipinski definition) is 5. The first-order valence-corrected chi connectivity index (χ1v) is 10.5. The monoisotopic (exact) mass is 441 g/mol. The molecular weight excluding hydrogens is 416 g/mol. The number of allylic oxidation sites excluding steroid dienone is 3. The average molecular weight is 442 g/mol. The minimum absolute atomic E-state index is 0.345. The molecule has 0 N–H and O–H groups in total. The fourth-order valence-corrected chi connectivity index (χ4v) is 3.91. The number of rotatable bonds is 4. The lowest BCUT2D eigenvalue weighted by Crippen LogP contribution is -2.32. The minimum Gasteiger partial charge on any atom is -0.465 e. The van der Waals surface area contributed by atoms with Gasteiger partial charge in [0.05, 0.1) is 25.3 Å². The smallest absolute Gasteiger partial charge is 0.337 e. The van der Waals surface area contributed by atoms with Gasteiger partial charge in [-0.2, -0.15) is 4.57 Å². The van der Waals surface area contributed by atoms with Gasteiger partial charge in [-0.05, 0) is 54.1 Å². The van der Waals surface area contributed by atoms with Gasteiger partial charge in [0.15, 0.2) is 0 Å². The highest BCUT2D eigenvalue weighted by Gasteiger charge is 2.16. The third-order valence-corrected chi connectivity index (χ3v) is 5.80. The van der Waals surface area contributed by atoms with Crippen molar-refractivity contribution in [1.29, 1.82) is 0 Å². The van der Waals surface area contributed by atoms with Gasteiger partial charge in [-0.3, -0.25) is 0 Å². The molecule has 0 bridgehead atoms. The second-order valence-electron chi connectivity index (χ2n) is 7.69. The van der Waals surface area contributed by atoms with E-state index in [1.165, 1.54) is 14.2 Å². The Morgan fingerprint density at radius 3 is 2.33 bits per heavy atom. The van der Waals surface area contributed by atoms with Crippen LogP contribution in [-0.2, 0) is 16.5 Å². The number of hydrogen-bond donors (Lipinski definition) is 0. The van der Waals surface area contributed by atoms with Crippen molar-refractivity contribution >= 4 is 40.7 Å². The summed E-state index contributed by atoms with van der Waals surface area (Å²) >= 11 is 0. The molecule has 2 aromatic carbocycles. The zero-order valence-electron chi connectivity index (χ0n) is 19.0. The van der Waals surface area contributed by atoms with Crippen LogP contribution in [0.15, 0.2) is 72.5 Å². The van der Waals surface area contributed by atoms with E-state index in [9.17, 15) is 9.59 Å². The lowest BCUT2D eigenvalue weighted by Gasteiger charge is -2.26. The molecule has 1 aliphatic heterocycles. The topological polar surface area (TPSA) is 59.7 Å². The molecule has 2 heterocycles. The van der Waals surface area contributed by atoms with Gasteiger partial charge in [0.1, 0.15) is 7.05 Å². The molecule has 0 unspecified atom stereocenters. The van der Waals surface area contributed by atoms with Gasteiger partial charge in [-0.1, -0.05) is 12.2 Å². The standard InChI is InChI=1S/C27H25N2O4/c1-28-22(12-8-18-16-20(26(30)32-3)10-14-24(18)28)6-5-7-23-13-9-19-17-21(27(31)33-4)11-15-25(19)29(23)2/h5-17H,1-4H3/q+1. The normalized spacial score (nSPS) is 14.1. The van der Waals surface area contributed by atoms with E-state index in [0.717, 1.165) is 33.5 Å². The minimum atomic E-state index is -0.345. The number of benzene rings is 2. The van der Waals surface area contributed by atoms with Crippen LogP contribution in [0, 0.1) is 0 Å². The molecule has 0 saturated heterocycles. The Balaban J connectivity index is 1.58. The van der Waals surface area contributed by atoms with Crippen LogP contribution < -0.4 is 9.47 Å². The Labute approximate surface area is 192 Å². The number of aromatic nitrogens is 1. The first-order valence-electron chi connectivity index (χ1n) is 10.5. The number of likely N-dealkylation sites (N-methyl/N-ethyl adjacent to an activating group) is 1. The first-order chi connectivity index (χ1) is 15.9. The van der Waals surface area contributed by atoms with Gasteiger partial charge in [0, 0.05) is 42.0 Å². The van der Waals surface area contributed by atoms with Gasteiger partial charge < -0.3 is 14.4 Å². The molecule has 166 valence electrons. The number of nitrogens with zero attached hydrogens (tertiary/aromatic N) is 2. The van der Waals surface area contributed by atoms with E-state index in [0.29, 0.717) is 11.1 Å². The Bertz CT molecular complexity index is 1350. The molecule has 0 saturated carbocycles. The maximum Gasteiger partial charge on any atom is 0.337 e. The molecule has 33 heavy (non-hydrogen) atoms. The van der Waals surface area contributed by atoms with Crippen molar-refractivity contribution < 1.29 is 23.6 Å². The zero-order valence-corrected chi connectivity index (χ0v) is 19.0. The lowest BCUT2D eigenvalue weighted by molar-refractivity contribution is -0.646. The molecule has 0 spiro atoms. The van der Waals surface area contributed by atoms with Crippen LogP contribution in [0.3, 0.4) is 0 Å². The highest BCUT2D eigenvalue weighted by atomic mass is 16.5. The summed E-state index contributed by atoms with van der Waals surface area (Å²) in [6.45, 7) is 0. The van der Waals surface area contributed by atoms with Crippen LogP contribution in [0.2, 0.25) is 0 Å². The summed E-state index contributed by atoms with van der Waals surface area (Å²) in [5.74, 6) is -0.689. The van der Waals surface area contributed by atoms with Crippen LogP contribution in [0.25, 0.3) is 23.1 Å². The van der Waals surface area contributed by atoms with Crippen molar-refractivity contribution in [3.63, 3.8) is 0 Å². The Morgan fingerprint density at radius 1 is 0.909 bits per heavy atom. The molecule has 6 heteroatoms. The van der Waals surface area contributed by atoms with E-state index >= 15 is 0 Å². The van der Waals surface area contributed by atoms with Crippen molar-refractivity contribution in [3.8, 4) is 0 Å². The van der Waals surface area contributed by atoms with E-state index in [1.54, 1.807) is 12.1 Å². The molecule has 0 atom stereocenters. The number of anilines is 1. The molecule has 0 fully saturated rings. The number of fused-ring (bicyclic) bond motifs is 2. The number of pyridine rings is 1.